The highest BCUT2D eigenvalue weighted by Crippen LogP contribution is 2.30. The van der Waals surface area contributed by atoms with Crippen molar-refractivity contribution >= 4 is 49.7 Å². The molecule has 2 aliphatic heterocycles. The van der Waals surface area contributed by atoms with Gasteiger partial charge in [0.2, 0.25) is 20.1 Å². The Labute approximate surface area is 126 Å². The lowest BCUT2D eigenvalue weighted by molar-refractivity contribution is -0.124. The molecule has 0 radical (unpaired) electrons. The van der Waals surface area contributed by atoms with Crippen molar-refractivity contribution in [2.75, 3.05) is 0 Å². The Hall–Kier alpha value is -1.16. The summed E-state index contributed by atoms with van der Waals surface area (Å²) in [5.74, 6) is -1.18. The zero-order valence-electron chi connectivity index (χ0n) is 11.5. The van der Waals surface area contributed by atoms with Crippen LogP contribution in [0.1, 0.15) is 6.42 Å². The lowest BCUT2D eigenvalue weighted by Gasteiger charge is -2.18. The van der Waals surface area contributed by atoms with E-state index >= 15 is 0 Å². The Kier molecular flexibility index (Phi) is 3.47. The van der Waals surface area contributed by atoms with Crippen molar-refractivity contribution in [3.05, 3.63) is 17.9 Å². The van der Waals surface area contributed by atoms with E-state index in [1.807, 2.05) is 13.1 Å². The van der Waals surface area contributed by atoms with E-state index in [-0.39, 0.29) is 12.3 Å². The predicted molar refractivity (Wildman–Crippen MR) is 79.6 cm³/mol. The quantitative estimate of drug-likeness (QED) is 0.564. The Morgan fingerprint density at radius 2 is 2.19 bits per heavy atom. The molecular formula is C12H13BFNO4SSi. The van der Waals surface area contributed by atoms with Crippen LogP contribution in [-0.4, -0.2) is 37.5 Å². The van der Waals surface area contributed by atoms with E-state index in [4.69, 9.17) is 4.34 Å². The molecule has 2 amide bonds. The van der Waals surface area contributed by atoms with Gasteiger partial charge >= 0.3 is 7.12 Å². The molecule has 5 nitrogen and oxygen atoms in total. The van der Waals surface area contributed by atoms with Crippen LogP contribution >= 0.6 is 11.8 Å². The van der Waals surface area contributed by atoms with Gasteiger partial charge in [-0.05, 0) is 24.6 Å². The van der Waals surface area contributed by atoms with E-state index in [0.717, 1.165) is 11.8 Å². The number of amides is 2. The predicted octanol–water partition coefficient (Wildman–Crippen LogP) is -0.537. The highest BCUT2D eigenvalue weighted by Gasteiger charge is 2.45. The number of rotatable bonds is 2. The first-order valence-corrected chi connectivity index (χ1v) is 10.3. The Morgan fingerprint density at radius 1 is 1.48 bits per heavy atom. The van der Waals surface area contributed by atoms with Gasteiger partial charge in [-0.25, -0.2) is 4.39 Å². The molecule has 2 heterocycles. The number of imide groups is 1. The van der Waals surface area contributed by atoms with Gasteiger partial charge in [0.1, 0.15) is 5.82 Å². The summed E-state index contributed by atoms with van der Waals surface area (Å²) < 4.78 is 20.2. The first kappa shape index (κ1) is 14.8. The molecule has 2 N–H and O–H groups in total. The van der Waals surface area contributed by atoms with Gasteiger partial charge < -0.3 is 9.37 Å². The highest BCUT2D eigenvalue weighted by molar-refractivity contribution is 8.00. The number of carbonyl (C=O) groups is 2. The summed E-state index contributed by atoms with van der Waals surface area (Å²) in [6.45, 7) is 3.62. The number of thioether (sulfide) groups is 1. The molecule has 1 saturated heterocycles. The average molecular weight is 325 g/mol. The summed E-state index contributed by atoms with van der Waals surface area (Å²) in [5.41, 5.74) is 0.459. The third kappa shape index (κ3) is 2.44. The van der Waals surface area contributed by atoms with Gasteiger partial charge in [0.15, 0.2) is 0 Å². The van der Waals surface area contributed by atoms with Crippen LogP contribution in [0.15, 0.2) is 17.0 Å². The molecule has 1 aromatic carbocycles. The van der Waals surface area contributed by atoms with Crippen molar-refractivity contribution in [1.82, 2.24) is 5.32 Å². The van der Waals surface area contributed by atoms with Gasteiger partial charge in [-0.3, -0.25) is 14.9 Å². The summed E-state index contributed by atoms with van der Waals surface area (Å²) in [4.78, 5) is 23.1. The smallest absolute Gasteiger partial charge is 0.446 e. The van der Waals surface area contributed by atoms with Gasteiger partial charge in [0, 0.05) is 16.5 Å². The minimum atomic E-state index is -2.49. The van der Waals surface area contributed by atoms with Crippen LogP contribution < -0.4 is 16.0 Å². The Balaban J connectivity index is 1.96. The van der Waals surface area contributed by atoms with E-state index < -0.39 is 32.4 Å². The molecule has 9 heteroatoms. The van der Waals surface area contributed by atoms with Gasteiger partial charge in [-0.2, -0.15) is 0 Å². The third-order valence-corrected chi connectivity index (χ3v) is 7.37. The topological polar surface area (TPSA) is 75.6 Å². The normalized spacial score (nSPS) is 23.4. The lowest BCUT2D eigenvalue weighted by Crippen LogP contribution is -2.46. The lowest BCUT2D eigenvalue weighted by atomic mass is 9.80. The van der Waals surface area contributed by atoms with Crippen molar-refractivity contribution in [2.24, 2.45) is 0 Å². The van der Waals surface area contributed by atoms with Crippen molar-refractivity contribution in [3.63, 3.8) is 0 Å². The zero-order chi connectivity index (χ0) is 15.4. The Morgan fingerprint density at radius 3 is 2.81 bits per heavy atom. The summed E-state index contributed by atoms with van der Waals surface area (Å²) >= 11 is 1.03. The summed E-state index contributed by atoms with van der Waals surface area (Å²) in [6.07, 6.45) is 0.0555. The van der Waals surface area contributed by atoms with E-state index in [2.05, 4.69) is 5.32 Å². The van der Waals surface area contributed by atoms with Gasteiger partial charge in [-0.1, -0.05) is 6.07 Å². The van der Waals surface area contributed by atoms with Crippen molar-refractivity contribution < 1.29 is 23.3 Å². The van der Waals surface area contributed by atoms with Gasteiger partial charge in [0.25, 0.3) is 0 Å². The molecule has 3 rings (SSSR count). The molecule has 0 saturated carbocycles. The van der Waals surface area contributed by atoms with Crippen molar-refractivity contribution in [3.8, 4) is 0 Å². The fourth-order valence-corrected chi connectivity index (χ4v) is 6.18. The summed E-state index contributed by atoms with van der Waals surface area (Å²) in [5, 5.41) is 11.9. The molecule has 21 heavy (non-hydrogen) atoms. The molecule has 0 aromatic heterocycles. The van der Waals surface area contributed by atoms with Crippen LogP contribution in [0.4, 0.5) is 4.39 Å². The monoisotopic (exact) mass is 325 g/mol. The molecule has 1 atom stereocenters. The molecule has 1 fully saturated rings. The van der Waals surface area contributed by atoms with E-state index in [1.165, 1.54) is 6.07 Å². The van der Waals surface area contributed by atoms with Crippen molar-refractivity contribution in [1.29, 1.82) is 0 Å². The SMILES string of the molecule is C[Si]1(C)OB(O)c2ccc(SC3CC(=O)NC3=O)c(F)c21. The third-order valence-electron chi connectivity index (χ3n) is 3.61. The number of carbonyl (C=O) groups excluding carboxylic acids is 2. The second-order valence-electron chi connectivity index (χ2n) is 5.55. The van der Waals surface area contributed by atoms with E-state index in [9.17, 15) is 19.0 Å². The molecule has 1 aromatic rings. The first-order chi connectivity index (χ1) is 9.79. The van der Waals surface area contributed by atoms with Crippen molar-refractivity contribution in [2.45, 2.75) is 29.7 Å². The minimum absolute atomic E-state index is 0.0555. The maximum Gasteiger partial charge on any atom is 0.480 e. The van der Waals surface area contributed by atoms with Crippen LogP contribution in [0, 0.1) is 5.82 Å². The molecule has 1 unspecified atom stereocenters. The standard InChI is InChI=1S/C12H13BFNO4SSi/c1-21(2)11-6(13(18)19-21)3-4-7(10(11)14)20-8-5-9(16)15-12(8)17/h3-4,8,18H,5H2,1-2H3,(H,15,16,17). The van der Waals surface area contributed by atoms with Gasteiger partial charge in [0.05, 0.1) is 5.25 Å². The maximum atomic E-state index is 14.7. The van der Waals surface area contributed by atoms with E-state index in [1.54, 1.807) is 6.07 Å². The first-order valence-electron chi connectivity index (χ1n) is 6.48. The number of fused-ring (bicyclic) bond motifs is 1. The second kappa shape index (κ2) is 4.94. The van der Waals surface area contributed by atoms with Crippen LogP contribution in [0.25, 0.3) is 0 Å². The fraction of sp³-hybridized carbons (Fsp3) is 0.333. The van der Waals surface area contributed by atoms with E-state index in [0.29, 0.717) is 15.5 Å². The fourth-order valence-electron chi connectivity index (χ4n) is 2.66. The minimum Gasteiger partial charge on any atom is -0.446 e. The highest BCUT2D eigenvalue weighted by atomic mass is 32.2. The summed E-state index contributed by atoms with van der Waals surface area (Å²) in [7, 11) is -3.58. The molecular weight excluding hydrogens is 312 g/mol. The second-order valence-corrected chi connectivity index (χ2v) is 10.5. The van der Waals surface area contributed by atoms with Gasteiger partial charge in [-0.15, -0.1) is 11.8 Å². The number of hydrogen-bond acceptors (Lipinski definition) is 5. The van der Waals surface area contributed by atoms with Crippen LogP contribution in [0.2, 0.25) is 13.1 Å². The largest absolute Gasteiger partial charge is 0.480 e. The van der Waals surface area contributed by atoms with Crippen LogP contribution in [-0.2, 0) is 13.9 Å². The molecule has 0 spiro atoms. The number of nitrogens with one attached hydrogen (secondary N) is 1. The maximum absolute atomic E-state index is 14.7. The number of hydrogen-bond donors (Lipinski definition) is 2. The number of benzene rings is 1. The van der Waals surface area contributed by atoms with Crippen LogP contribution in [0.3, 0.4) is 0 Å². The zero-order valence-corrected chi connectivity index (χ0v) is 13.3. The number of halogens is 1. The average Bonchev–Trinajstić information content (AvgIpc) is 2.80. The molecule has 2 aliphatic rings. The molecule has 0 bridgehead atoms. The summed E-state index contributed by atoms with van der Waals surface area (Å²) in [6, 6.07) is 3.15. The Bertz CT molecular complexity index is 656. The molecule has 0 aliphatic carbocycles. The van der Waals surface area contributed by atoms with Crippen LogP contribution in [0.5, 0.6) is 0 Å². The molecule has 110 valence electrons.